The molecule has 53 heavy (non-hydrogen) atoms. The number of hydrogen-bond acceptors (Lipinski definition) is 0. The third kappa shape index (κ3) is 6.40. The van der Waals surface area contributed by atoms with E-state index in [2.05, 4.69) is 219 Å². The Morgan fingerprint density at radius 3 is 1.26 bits per heavy atom. The summed E-state index contributed by atoms with van der Waals surface area (Å²) in [6.45, 7) is 2.17. The predicted octanol–water partition coefficient (Wildman–Crippen LogP) is 11.2. The van der Waals surface area contributed by atoms with Gasteiger partial charge in [-0.05, 0) is 104 Å². The van der Waals surface area contributed by atoms with E-state index in [-0.39, 0.29) is 0 Å². The van der Waals surface area contributed by atoms with Crippen LogP contribution >= 0.6 is 15.8 Å². The Morgan fingerprint density at radius 2 is 0.736 bits per heavy atom. The zero-order valence-electron chi connectivity index (χ0n) is 29.6. The van der Waals surface area contributed by atoms with E-state index in [1.54, 1.807) is 0 Å². The molecule has 9 aromatic rings. The van der Waals surface area contributed by atoms with Gasteiger partial charge in [0.25, 0.3) is 0 Å². The van der Waals surface area contributed by atoms with E-state index in [1.807, 2.05) is 0 Å². The van der Waals surface area contributed by atoms with Crippen molar-refractivity contribution in [2.24, 2.45) is 0 Å². The summed E-state index contributed by atoms with van der Waals surface area (Å²) in [6.07, 6.45) is 0. The molecule has 0 bridgehead atoms. The maximum Gasteiger partial charge on any atom is -0.000839 e. The standard InChI is InChI=1S/C51H38P2/c1-37-30-32-39(33-31-37)47-36-49(53(42-23-10-4-11-24-42)43-25-12-5-13-26-43)51(46-29-17-16-28-45(46)47)50-44-27-15-14-18-38(44)34-35-48(50)52(40-19-6-2-7-20-40)41-21-8-3-9-22-41/h2-36H,1H3. The summed E-state index contributed by atoms with van der Waals surface area (Å²) in [6, 6.07) is 79.2. The van der Waals surface area contributed by atoms with Crippen molar-refractivity contribution >= 4 is 69.2 Å². The molecule has 0 saturated heterocycles. The first-order valence-electron chi connectivity index (χ1n) is 18.2. The molecule has 9 aromatic carbocycles. The van der Waals surface area contributed by atoms with Crippen molar-refractivity contribution in [3.8, 4) is 22.3 Å². The fourth-order valence-corrected chi connectivity index (χ4v) is 12.6. The Balaban J connectivity index is 1.48. The van der Waals surface area contributed by atoms with Crippen LogP contribution in [0, 0.1) is 6.92 Å². The van der Waals surface area contributed by atoms with Crippen LogP contribution < -0.4 is 31.8 Å². The molecule has 0 aromatic heterocycles. The van der Waals surface area contributed by atoms with E-state index in [1.165, 1.54) is 81.2 Å². The summed E-state index contributed by atoms with van der Waals surface area (Å²) in [5.74, 6) is 0. The van der Waals surface area contributed by atoms with Gasteiger partial charge in [-0.3, -0.25) is 0 Å². The van der Waals surface area contributed by atoms with Crippen LogP contribution in [0.15, 0.2) is 212 Å². The molecule has 0 heterocycles. The topological polar surface area (TPSA) is 0 Å². The molecule has 0 nitrogen and oxygen atoms in total. The first-order chi connectivity index (χ1) is 26.2. The number of fused-ring (bicyclic) bond motifs is 2. The monoisotopic (exact) mass is 712 g/mol. The molecule has 0 N–H and O–H groups in total. The molecule has 0 spiro atoms. The first-order valence-corrected chi connectivity index (χ1v) is 20.9. The van der Waals surface area contributed by atoms with Gasteiger partial charge in [0.1, 0.15) is 0 Å². The zero-order valence-corrected chi connectivity index (χ0v) is 31.4. The van der Waals surface area contributed by atoms with Crippen LogP contribution in [0.25, 0.3) is 43.8 Å². The van der Waals surface area contributed by atoms with Crippen molar-refractivity contribution < 1.29 is 0 Å². The summed E-state index contributed by atoms with van der Waals surface area (Å²) in [5.41, 5.74) is 6.45. The molecule has 9 rings (SSSR count). The summed E-state index contributed by atoms with van der Waals surface area (Å²) >= 11 is 0. The SMILES string of the molecule is Cc1ccc(-c2cc(P(c3ccccc3)c3ccccc3)c(-c3c(P(c4ccccc4)c4ccccc4)ccc4ccccc34)c3ccccc23)cc1. The van der Waals surface area contributed by atoms with Gasteiger partial charge in [0.05, 0.1) is 0 Å². The second-order valence-electron chi connectivity index (χ2n) is 13.4. The van der Waals surface area contributed by atoms with Crippen molar-refractivity contribution in [1.82, 2.24) is 0 Å². The van der Waals surface area contributed by atoms with Crippen molar-refractivity contribution in [3.63, 3.8) is 0 Å². The predicted molar refractivity (Wildman–Crippen MR) is 234 cm³/mol. The molecule has 252 valence electrons. The van der Waals surface area contributed by atoms with Crippen LogP contribution in [0.3, 0.4) is 0 Å². The number of benzene rings is 9. The molecule has 0 atom stereocenters. The minimum atomic E-state index is -0.965. The number of hydrogen-bond donors (Lipinski definition) is 0. The number of rotatable bonds is 8. The molecule has 0 unspecified atom stereocenters. The van der Waals surface area contributed by atoms with E-state index < -0.39 is 15.8 Å². The lowest BCUT2D eigenvalue weighted by Gasteiger charge is -2.29. The highest BCUT2D eigenvalue weighted by atomic mass is 31.1. The molecular weight excluding hydrogens is 675 g/mol. The summed E-state index contributed by atoms with van der Waals surface area (Å²) < 4.78 is 0. The van der Waals surface area contributed by atoms with E-state index in [9.17, 15) is 0 Å². The Labute approximate surface area is 315 Å². The second-order valence-corrected chi connectivity index (χ2v) is 17.8. The number of aryl methyl sites for hydroxylation is 1. The lowest BCUT2D eigenvalue weighted by Crippen LogP contribution is -2.26. The minimum absolute atomic E-state index is 0.907. The Hall–Kier alpha value is -5.64. The van der Waals surface area contributed by atoms with Gasteiger partial charge in [0, 0.05) is 0 Å². The summed E-state index contributed by atoms with van der Waals surface area (Å²) in [4.78, 5) is 0. The molecule has 0 amide bonds. The maximum absolute atomic E-state index is 2.55. The zero-order chi connectivity index (χ0) is 35.6. The average Bonchev–Trinajstić information content (AvgIpc) is 3.23. The fraction of sp³-hybridized carbons (Fsp3) is 0.0196. The lowest BCUT2D eigenvalue weighted by molar-refractivity contribution is 1.47. The quantitative estimate of drug-likeness (QED) is 0.138. The van der Waals surface area contributed by atoms with Crippen molar-refractivity contribution in [2.75, 3.05) is 0 Å². The van der Waals surface area contributed by atoms with E-state index in [0.717, 1.165) is 0 Å². The smallest absolute Gasteiger partial charge is 0.000839 e. The van der Waals surface area contributed by atoms with Crippen molar-refractivity contribution in [1.29, 1.82) is 0 Å². The van der Waals surface area contributed by atoms with E-state index in [0.29, 0.717) is 0 Å². The molecular formula is C51H38P2. The normalized spacial score (nSPS) is 11.5. The fourth-order valence-electron chi connectivity index (χ4n) is 7.64. The molecule has 0 aliphatic rings. The van der Waals surface area contributed by atoms with Gasteiger partial charge in [0.15, 0.2) is 0 Å². The highest BCUT2D eigenvalue weighted by Gasteiger charge is 2.29. The van der Waals surface area contributed by atoms with Crippen LogP contribution in [0.1, 0.15) is 5.56 Å². The van der Waals surface area contributed by atoms with Gasteiger partial charge in [-0.15, -0.1) is 0 Å². The van der Waals surface area contributed by atoms with Gasteiger partial charge in [-0.1, -0.05) is 212 Å². The Morgan fingerprint density at radius 1 is 0.321 bits per heavy atom. The van der Waals surface area contributed by atoms with Gasteiger partial charge in [-0.25, -0.2) is 0 Å². The lowest BCUT2D eigenvalue weighted by atomic mass is 9.89. The highest BCUT2D eigenvalue weighted by Crippen LogP contribution is 2.47. The van der Waals surface area contributed by atoms with Crippen LogP contribution in [0.4, 0.5) is 0 Å². The van der Waals surface area contributed by atoms with Crippen molar-refractivity contribution in [3.05, 3.63) is 218 Å². The van der Waals surface area contributed by atoms with Gasteiger partial charge < -0.3 is 0 Å². The molecule has 0 aliphatic carbocycles. The van der Waals surface area contributed by atoms with Gasteiger partial charge in [-0.2, -0.15) is 0 Å². The summed E-state index contributed by atoms with van der Waals surface area (Å²) in [7, 11) is -1.87. The average molecular weight is 713 g/mol. The molecule has 0 saturated carbocycles. The van der Waals surface area contributed by atoms with Crippen LogP contribution in [0.5, 0.6) is 0 Å². The first kappa shape index (κ1) is 33.2. The molecule has 0 fully saturated rings. The minimum Gasteiger partial charge on any atom is -0.0622 e. The molecule has 0 aliphatic heterocycles. The van der Waals surface area contributed by atoms with Gasteiger partial charge >= 0.3 is 0 Å². The van der Waals surface area contributed by atoms with Crippen LogP contribution in [0.2, 0.25) is 0 Å². The highest BCUT2D eigenvalue weighted by molar-refractivity contribution is 7.80. The van der Waals surface area contributed by atoms with Crippen LogP contribution in [-0.2, 0) is 0 Å². The van der Waals surface area contributed by atoms with E-state index >= 15 is 0 Å². The van der Waals surface area contributed by atoms with Gasteiger partial charge in [0.2, 0.25) is 0 Å². The Kier molecular flexibility index (Phi) is 9.26. The third-order valence-electron chi connectivity index (χ3n) is 10.1. The molecule has 2 heteroatoms. The Bertz CT molecular complexity index is 2570. The summed E-state index contributed by atoms with van der Waals surface area (Å²) in [5, 5.41) is 13.2. The van der Waals surface area contributed by atoms with Crippen LogP contribution in [-0.4, -0.2) is 0 Å². The third-order valence-corrected chi connectivity index (χ3v) is 15.0. The van der Waals surface area contributed by atoms with E-state index in [4.69, 9.17) is 0 Å². The molecule has 0 radical (unpaired) electrons. The second kappa shape index (κ2) is 14.8. The largest absolute Gasteiger partial charge is 0.0622 e. The van der Waals surface area contributed by atoms with Crippen molar-refractivity contribution in [2.45, 2.75) is 6.92 Å². The maximum atomic E-state index is 2.55.